The van der Waals surface area contributed by atoms with Gasteiger partial charge in [0.2, 0.25) is 0 Å². The molecule has 3 rings (SSSR count). The topological polar surface area (TPSA) is 20.3 Å². The van der Waals surface area contributed by atoms with E-state index in [9.17, 15) is 4.79 Å². The molecule has 1 aliphatic heterocycles. The highest BCUT2D eigenvalue weighted by Gasteiger charge is 2.36. The summed E-state index contributed by atoms with van der Waals surface area (Å²) in [7, 11) is 0. The lowest BCUT2D eigenvalue weighted by molar-refractivity contribution is 0.0896. The molecular formula is C16H20BrNO. The highest BCUT2D eigenvalue weighted by molar-refractivity contribution is 9.10. The Morgan fingerprint density at radius 3 is 2.68 bits per heavy atom. The number of halogens is 1. The number of carbonyl (C=O) groups is 1. The Hall–Kier alpha value is -0.670. The average molecular weight is 322 g/mol. The van der Waals surface area contributed by atoms with Crippen molar-refractivity contribution in [2.75, 3.05) is 13.1 Å². The van der Waals surface area contributed by atoms with Crippen LogP contribution in [0.2, 0.25) is 0 Å². The lowest BCUT2D eigenvalue weighted by atomic mass is 9.85. The van der Waals surface area contributed by atoms with E-state index in [4.69, 9.17) is 0 Å². The fourth-order valence-corrected chi connectivity index (χ4v) is 3.88. The summed E-state index contributed by atoms with van der Waals surface area (Å²) in [5.74, 6) is 1.12. The first-order valence-corrected chi connectivity index (χ1v) is 8.06. The van der Waals surface area contributed by atoms with E-state index >= 15 is 0 Å². The van der Waals surface area contributed by atoms with Crippen LogP contribution in [0, 0.1) is 5.92 Å². The van der Waals surface area contributed by atoms with Gasteiger partial charge in [0.25, 0.3) is 0 Å². The Kier molecular flexibility index (Phi) is 4.04. The molecule has 0 N–H and O–H groups in total. The Bertz CT molecular complexity index is 456. The molecule has 0 aromatic heterocycles. The SMILES string of the molecule is O=C(CN1CCC2CCCCC21)c1ccc(Br)cc1. The van der Waals surface area contributed by atoms with Crippen molar-refractivity contribution >= 4 is 21.7 Å². The fraction of sp³-hybridized carbons (Fsp3) is 0.562. The van der Waals surface area contributed by atoms with Crippen molar-refractivity contribution in [1.82, 2.24) is 4.90 Å². The van der Waals surface area contributed by atoms with Crippen LogP contribution in [0.25, 0.3) is 0 Å². The second kappa shape index (κ2) is 5.76. The molecule has 19 heavy (non-hydrogen) atoms. The molecule has 0 amide bonds. The third kappa shape index (κ3) is 2.92. The van der Waals surface area contributed by atoms with E-state index in [0.29, 0.717) is 12.6 Å². The minimum Gasteiger partial charge on any atom is -0.293 e. The molecule has 2 nitrogen and oxygen atoms in total. The zero-order valence-electron chi connectivity index (χ0n) is 11.1. The average Bonchev–Trinajstić information content (AvgIpc) is 2.83. The Balaban J connectivity index is 1.65. The number of rotatable bonds is 3. The number of Topliss-reactive ketones (excluding diaryl/α,β-unsaturated/α-hetero) is 1. The van der Waals surface area contributed by atoms with Crippen LogP contribution in [0.5, 0.6) is 0 Å². The summed E-state index contributed by atoms with van der Waals surface area (Å²) in [6.07, 6.45) is 6.67. The van der Waals surface area contributed by atoms with Crippen LogP contribution < -0.4 is 0 Å². The van der Waals surface area contributed by atoms with Crippen LogP contribution >= 0.6 is 15.9 Å². The number of ketones is 1. The van der Waals surface area contributed by atoms with Gasteiger partial charge in [-0.15, -0.1) is 0 Å². The van der Waals surface area contributed by atoms with Gasteiger partial charge in [-0.05, 0) is 43.9 Å². The van der Waals surface area contributed by atoms with Gasteiger partial charge in [0.15, 0.2) is 5.78 Å². The molecule has 1 saturated heterocycles. The lowest BCUT2D eigenvalue weighted by Gasteiger charge is -2.31. The maximum absolute atomic E-state index is 12.3. The monoisotopic (exact) mass is 321 g/mol. The van der Waals surface area contributed by atoms with Crippen LogP contribution in [0.4, 0.5) is 0 Å². The van der Waals surface area contributed by atoms with E-state index in [1.54, 1.807) is 0 Å². The van der Waals surface area contributed by atoms with Gasteiger partial charge >= 0.3 is 0 Å². The lowest BCUT2D eigenvalue weighted by Crippen LogP contribution is -2.38. The van der Waals surface area contributed by atoms with Crippen LogP contribution in [0.1, 0.15) is 42.5 Å². The molecule has 102 valence electrons. The van der Waals surface area contributed by atoms with E-state index < -0.39 is 0 Å². The predicted octanol–water partition coefficient (Wildman–Crippen LogP) is 3.90. The van der Waals surface area contributed by atoms with Crippen molar-refractivity contribution in [3.8, 4) is 0 Å². The summed E-state index contributed by atoms with van der Waals surface area (Å²) in [6.45, 7) is 1.71. The predicted molar refractivity (Wildman–Crippen MR) is 80.4 cm³/mol. The van der Waals surface area contributed by atoms with E-state index in [1.165, 1.54) is 32.1 Å². The molecule has 2 atom stereocenters. The highest BCUT2D eigenvalue weighted by Crippen LogP contribution is 2.36. The van der Waals surface area contributed by atoms with Crippen molar-refractivity contribution in [3.05, 3.63) is 34.3 Å². The minimum absolute atomic E-state index is 0.263. The standard InChI is InChI=1S/C16H20BrNO/c17-14-7-5-13(6-8-14)16(19)11-18-10-9-12-3-1-2-4-15(12)18/h5-8,12,15H,1-4,9-11H2. The number of benzene rings is 1. The molecule has 1 heterocycles. The largest absolute Gasteiger partial charge is 0.293 e. The number of nitrogens with zero attached hydrogens (tertiary/aromatic N) is 1. The van der Waals surface area contributed by atoms with Gasteiger partial charge in [-0.1, -0.05) is 40.9 Å². The second-order valence-electron chi connectivity index (χ2n) is 5.80. The van der Waals surface area contributed by atoms with Gasteiger partial charge < -0.3 is 0 Å². The Morgan fingerprint density at radius 1 is 1.16 bits per heavy atom. The van der Waals surface area contributed by atoms with Gasteiger partial charge in [0, 0.05) is 16.1 Å². The first kappa shape index (κ1) is 13.3. The van der Waals surface area contributed by atoms with Gasteiger partial charge in [0.1, 0.15) is 0 Å². The quantitative estimate of drug-likeness (QED) is 0.787. The molecule has 1 saturated carbocycles. The Morgan fingerprint density at radius 2 is 1.89 bits per heavy atom. The number of carbonyl (C=O) groups excluding carboxylic acids is 1. The van der Waals surface area contributed by atoms with E-state index in [0.717, 1.165) is 22.5 Å². The highest BCUT2D eigenvalue weighted by atomic mass is 79.9. The summed E-state index contributed by atoms with van der Waals surface area (Å²) in [4.78, 5) is 14.8. The van der Waals surface area contributed by atoms with Crippen LogP contribution in [-0.4, -0.2) is 29.8 Å². The van der Waals surface area contributed by atoms with Gasteiger partial charge in [-0.3, -0.25) is 9.69 Å². The zero-order chi connectivity index (χ0) is 13.2. The first-order valence-electron chi connectivity index (χ1n) is 7.27. The van der Waals surface area contributed by atoms with Gasteiger partial charge in [-0.25, -0.2) is 0 Å². The number of hydrogen-bond donors (Lipinski definition) is 0. The molecule has 3 heteroatoms. The molecule has 2 unspecified atom stereocenters. The second-order valence-corrected chi connectivity index (χ2v) is 6.72. The number of fused-ring (bicyclic) bond motifs is 1. The van der Waals surface area contributed by atoms with E-state index in [1.807, 2.05) is 24.3 Å². The molecule has 0 bridgehead atoms. The molecular weight excluding hydrogens is 302 g/mol. The molecule has 1 aromatic carbocycles. The number of hydrogen-bond acceptors (Lipinski definition) is 2. The third-order valence-electron chi connectivity index (χ3n) is 4.64. The molecule has 1 aliphatic carbocycles. The fourth-order valence-electron chi connectivity index (χ4n) is 3.61. The normalized spacial score (nSPS) is 27.2. The van der Waals surface area contributed by atoms with Crippen LogP contribution in [-0.2, 0) is 0 Å². The van der Waals surface area contributed by atoms with Crippen molar-refractivity contribution in [3.63, 3.8) is 0 Å². The number of likely N-dealkylation sites (tertiary alicyclic amines) is 1. The van der Waals surface area contributed by atoms with Crippen molar-refractivity contribution in [2.45, 2.75) is 38.1 Å². The zero-order valence-corrected chi connectivity index (χ0v) is 12.7. The van der Waals surface area contributed by atoms with Crippen LogP contribution in [0.15, 0.2) is 28.7 Å². The summed E-state index contributed by atoms with van der Waals surface area (Å²) in [5.41, 5.74) is 0.836. The summed E-state index contributed by atoms with van der Waals surface area (Å²) in [6, 6.07) is 8.40. The minimum atomic E-state index is 0.263. The molecule has 1 aromatic rings. The van der Waals surface area contributed by atoms with Crippen molar-refractivity contribution in [1.29, 1.82) is 0 Å². The summed E-state index contributed by atoms with van der Waals surface area (Å²) >= 11 is 3.41. The Labute approximate surface area is 123 Å². The molecule has 2 aliphatic rings. The van der Waals surface area contributed by atoms with Crippen molar-refractivity contribution < 1.29 is 4.79 Å². The first-order chi connectivity index (χ1) is 9.24. The van der Waals surface area contributed by atoms with E-state index in [-0.39, 0.29) is 5.78 Å². The maximum atomic E-state index is 12.3. The molecule has 0 radical (unpaired) electrons. The maximum Gasteiger partial charge on any atom is 0.176 e. The summed E-state index contributed by atoms with van der Waals surface area (Å²) < 4.78 is 1.03. The van der Waals surface area contributed by atoms with Gasteiger partial charge in [0.05, 0.1) is 6.54 Å². The van der Waals surface area contributed by atoms with Crippen molar-refractivity contribution in [2.24, 2.45) is 5.92 Å². The third-order valence-corrected chi connectivity index (χ3v) is 5.17. The molecule has 0 spiro atoms. The van der Waals surface area contributed by atoms with E-state index in [2.05, 4.69) is 20.8 Å². The van der Waals surface area contributed by atoms with Crippen LogP contribution in [0.3, 0.4) is 0 Å². The molecule has 2 fully saturated rings. The van der Waals surface area contributed by atoms with Gasteiger partial charge in [-0.2, -0.15) is 0 Å². The smallest absolute Gasteiger partial charge is 0.176 e. The summed E-state index contributed by atoms with van der Waals surface area (Å²) in [5, 5.41) is 0.